The van der Waals surface area contributed by atoms with Crippen LogP contribution < -0.4 is 15.0 Å². The van der Waals surface area contributed by atoms with Crippen LogP contribution in [0.4, 0.5) is 5.95 Å². The Morgan fingerprint density at radius 3 is 2.70 bits per heavy atom. The van der Waals surface area contributed by atoms with Gasteiger partial charge < -0.3 is 15.0 Å². The van der Waals surface area contributed by atoms with Crippen LogP contribution in [0.1, 0.15) is 17.0 Å². The van der Waals surface area contributed by atoms with Crippen molar-refractivity contribution in [3.8, 4) is 6.01 Å². The van der Waals surface area contributed by atoms with Crippen LogP contribution in [0.2, 0.25) is 0 Å². The summed E-state index contributed by atoms with van der Waals surface area (Å²) in [5, 5.41) is 2.82. The lowest BCUT2D eigenvalue weighted by atomic mass is 10.1. The van der Waals surface area contributed by atoms with Gasteiger partial charge in [-0.3, -0.25) is 4.79 Å². The monoisotopic (exact) mass is 315 g/mol. The van der Waals surface area contributed by atoms with E-state index >= 15 is 0 Å². The zero-order chi connectivity index (χ0) is 16.8. The summed E-state index contributed by atoms with van der Waals surface area (Å²) in [5.74, 6) is 0.860. The summed E-state index contributed by atoms with van der Waals surface area (Å²) in [6, 6.07) is 8.10. The highest BCUT2D eigenvalue weighted by molar-refractivity contribution is 5.78. The van der Waals surface area contributed by atoms with Crippen molar-refractivity contribution in [2.75, 3.05) is 26.1 Å². The maximum Gasteiger partial charge on any atom is 0.321 e. The average Bonchev–Trinajstić information content (AvgIpc) is 2.52. The normalized spacial score (nSPS) is 10.3. The Bertz CT molecular complexity index is 688. The van der Waals surface area contributed by atoms with Crippen LogP contribution in [0.3, 0.4) is 0 Å². The van der Waals surface area contributed by atoms with Gasteiger partial charge in [0.15, 0.2) is 5.82 Å². The lowest BCUT2D eigenvalue weighted by molar-refractivity contribution is -0.120. The molecule has 0 atom stereocenters. The van der Waals surface area contributed by atoms with Crippen LogP contribution in [0.25, 0.3) is 0 Å². The molecule has 0 radical (unpaired) electrons. The van der Waals surface area contributed by atoms with Gasteiger partial charge >= 0.3 is 6.01 Å². The lowest BCUT2D eigenvalue weighted by Gasteiger charge is -2.12. The second-order valence-corrected chi connectivity index (χ2v) is 5.38. The number of hydrogen-bond donors (Lipinski definition) is 1. The van der Waals surface area contributed by atoms with E-state index in [4.69, 9.17) is 4.74 Å². The van der Waals surface area contributed by atoms with Gasteiger partial charge in [-0.1, -0.05) is 29.8 Å². The fourth-order valence-electron chi connectivity index (χ4n) is 2.00. The summed E-state index contributed by atoms with van der Waals surface area (Å²) in [5.41, 5.74) is 2.11. The average molecular weight is 315 g/mol. The number of nitrogens with zero attached hydrogens (tertiary/aromatic N) is 4. The third-order valence-electron chi connectivity index (χ3n) is 3.12. The summed E-state index contributed by atoms with van der Waals surface area (Å²) in [6.45, 7) is 2.23. The third-order valence-corrected chi connectivity index (χ3v) is 3.12. The van der Waals surface area contributed by atoms with Gasteiger partial charge in [0.05, 0.1) is 20.1 Å². The van der Waals surface area contributed by atoms with Crippen molar-refractivity contribution in [1.29, 1.82) is 0 Å². The number of amides is 1. The number of carbonyl (C=O) groups excluding carboxylic acids is 1. The molecule has 0 unspecified atom stereocenters. The minimum Gasteiger partial charge on any atom is -0.467 e. The number of carbonyl (C=O) groups is 1. The van der Waals surface area contributed by atoms with Crippen LogP contribution in [0, 0.1) is 6.92 Å². The Labute approximate surface area is 135 Å². The second kappa shape index (κ2) is 7.53. The van der Waals surface area contributed by atoms with E-state index in [1.165, 1.54) is 7.11 Å². The Balaban J connectivity index is 1.99. The van der Waals surface area contributed by atoms with E-state index in [1.54, 1.807) is 4.90 Å². The predicted octanol–water partition coefficient (Wildman–Crippen LogP) is 1.11. The van der Waals surface area contributed by atoms with Crippen molar-refractivity contribution in [3.05, 3.63) is 41.2 Å². The molecule has 1 aromatic heterocycles. The predicted molar refractivity (Wildman–Crippen MR) is 87.4 cm³/mol. The number of aryl methyl sites for hydroxylation is 1. The fraction of sp³-hybridized carbons (Fsp3) is 0.375. The molecular weight excluding hydrogens is 294 g/mol. The van der Waals surface area contributed by atoms with Gasteiger partial charge in [0, 0.05) is 14.1 Å². The van der Waals surface area contributed by atoms with Gasteiger partial charge in [0.2, 0.25) is 11.9 Å². The van der Waals surface area contributed by atoms with Gasteiger partial charge in [-0.15, -0.1) is 0 Å². The number of benzene rings is 1. The zero-order valence-corrected chi connectivity index (χ0v) is 13.8. The first kappa shape index (κ1) is 16.7. The van der Waals surface area contributed by atoms with Crippen molar-refractivity contribution in [2.45, 2.75) is 19.9 Å². The molecule has 1 heterocycles. The largest absolute Gasteiger partial charge is 0.467 e. The van der Waals surface area contributed by atoms with Gasteiger partial charge in [-0.25, -0.2) is 0 Å². The standard InChI is InChI=1S/C16H21N5O2/c1-11-6-5-7-12(8-11)9-14(22)17-10-13-18-15(21(2)3)20-16(19-13)23-4/h5-8H,9-10H2,1-4H3,(H,17,22). The van der Waals surface area contributed by atoms with Crippen LogP contribution >= 0.6 is 0 Å². The number of nitrogens with one attached hydrogen (secondary N) is 1. The first-order valence-corrected chi connectivity index (χ1v) is 7.26. The number of methoxy groups -OCH3 is 1. The number of anilines is 1. The Kier molecular flexibility index (Phi) is 5.46. The van der Waals surface area contributed by atoms with Crippen molar-refractivity contribution in [3.63, 3.8) is 0 Å². The van der Waals surface area contributed by atoms with E-state index in [0.29, 0.717) is 18.2 Å². The number of aromatic nitrogens is 3. The van der Waals surface area contributed by atoms with Crippen molar-refractivity contribution in [1.82, 2.24) is 20.3 Å². The van der Waals surface area contributed by atoms with Crippen LogP contribution in [0.5, 0.6) is 6.01 Å². The smallest absolute Gasteiger partial charge is 0.321 e. The zero-order valence-electron chi connectivity index (χ0n) is 13.8. The summed E-state index contributed by atoms with van der Waals surface area (Å²) < 4.78 is 5.06. The molecule has 7 nitrogen and oxygen atoms in total. The maximum atomic E-state index is 12.0. The molecule has 0 spiro atoms. The number of hydrogen-bond acceptors (Lipinski definition) is 6. The van der Waals surface area contributed by atoms with Gasteiger partial charge in [-0.2, -0.15) is 15.0 Å². The minimum absolute atomic E-state index is 0.0821. The highest BCUT2D eigenvalue weighted by Gasteiger charge is 2.10. The molecule has 1 N–H and O–H groups in total. The molecule has 0 saturated carbocycles. The molecule has 0 saturated heterocycles. The molecule has 0 aliphatic rings. The summed E-state index contributed by atoms with van der Waals surface area (Å²) >= 11 is 0. The van der Waals surface area contributed by atoms with E-state index in [1.807, 2.05) is 45.3 Å². The Hall–Kier alpha value is -2.70. The SMILES string of the molecule is COc1nc(CNC(=O)Cc2cccc(C)c2)nc(N(C)C)n1. The third kappa shape index (κ3) is 4.91. The van der Waals surface area contributed by atoms with Crippen LogP contribution in [-0.4, -0.2) is 42.1 Å². The summed E-state index contributed by atoms with van der Waals surface area (Å²) in [7, 11) is 5.15. The highest BCUT2D eigenvalue weighted by Crippen LogP contribution is 2.09. The van der Waals surface area contributed by atoms with Crippen molar-refractivity contribution >= 4 is 11.9 Å². The number of ether oxygens (including phenoxy) is 1. The maximum absolute atomic E-state index is 12.0. The summed E-state index contributed by atoms with van der Waals surface area (Å²) in [6.07, 6.45) is 0.324. The van der Waals surface area contributed by atoms with Gasteiger partial charge in [0.1, 0.15) is 0 Å². The van der Waals surface area contributed by atoms with Gasteiger partial charge in [-0.05, 0) is 12.5 Å². The second-order valence-electron chi connectivity index (χ2n) is 5.38. The highest BCUT2D eigenvalue weighted by atomic mass is 16.5. The van der Waals surface area contributed by atoms with E-state index < -0.39 is 0 Å². The van der Waals surface area contributed by atoms with E-state index in [9.17, 15) is 4.79 Å². The molecular formula is C16H21N5O2. The molecule has 23 heavy (non-hydrogen) atoms. The molecule has 2 rings (SSSR count). The fourth-order valence-corrected chi connectivity index (χ4v) is 2.00. The first-order valence-electron chi connectivity index (χ1n) is 7.26. The quantitative estimate of drug-likeness (QED) is 0.860. The van der Waals surface area contributed by atoms with E-state index in [0.717, 1.165) is 11.1 Å². The van der Waals surface area contributed by atoms with Crippen molar-refractivity contribution in [2.24, 2.45) is 0 Å². The van der Waals surface area contributed by atoms with Gasteiger partial charge in [0.25, 0.3) is 0 Å². The Morgan fingerprint density at radius 1 is 1.26 bits per heavy atom. The van der Waals surface area contributed by atoms with Crippen LogP contribution in [0.15, 0.2) is 24.3 Å². The molecule has 1 amide bonds. The molecule has 0 aliphatic carbocycles. The molecule has 0 fully saturated rings. The molecule has 7 heteroatoms. The number of rotatable bonds is 6. The molecule has 2 aromatic rings. The minimum atomic E-state index is -0.0821. The lowest BCUT2D eigenvalue weighted by Crippen LogP contribution is -2.26. The molecule has 122 valence electrons. The van der Waals surface area contributed by atoms with E-state index in [2.05, 4.69) is 20.3 Å². The van der Waals surface area contributed by atoms with E-state index in [-0.39, 0.29) is 18.5 Å². The van der Waals surface area contributed by atoms with Crippen LogP contribution in [-0.2, 0) is 17.8 Å². The summed E-state index contributed by atoms with van der Waals surface area (Å²) in [4.78, 5) is 26.3. The topological polar surface area (TPSA) is 80.2 Å². The Morgan fingerprint density at radius 2 is 2.04 bits per heavy atom. The molecule has 0 aliphatic heterocycles. The molecule has 1 aromatic carbocycles. The van der Waals surface area contributed by atoms with Crippen molar-refractivity contribution < 1.29 is 9.53 Å². The molecule has 0 bridgehead atoms. The first-order chi connectivity index (χ1) is 11.0.